The van der Waals surface area contributed by atoms with Crippen molar-refractivity contribution in [1.82, 2.24) is 0 Å². The van der Waals surface area contributed by atoms with Crippen LogP contribution in [0.4, 0.5) is 4.39 Å². The van der Waals surface area contributed by atoms with Gasteiger partial charge in [-0.2, -0.15) is 0 Å². The molecule has 0 saturated heterocycles. The Balaban J connectivity index is 2.07. The molecule has 2 atom stereocenters. The van der Waals surface area contributed by atoms with E-state index < -0.39 is 46.7 Å². The van der Waals surface area contributed by atoms with E-state index in [9.17, 15) is 28.9 Å². The van der Waals surface area contributed by atoms with Gasteiger partial charge >= 0.3 is 5.97 Å². The minimum atomic E-state index is -1.58. The van der Waals surface area contributed by atoms with Crippen LogP contribution in [-0.2, 0) is 16.0 Å². The smallest absolute Gasteiger partial charge is 0.317 e. The van der Waals surface area contributed by atoms with Gasteiger partial charge in [0.15, 0.2) is 11.6 Å². The molecule has 8 nitrogen and oxygen atoms in total. The summed E-state index contributed by atoms with van der Waals surface area (Å²) in [6, 6.07) is 8.21. The van der Waals surface area contributed by atoms with Gasteiger partial charge in [-0.1, -0.05) is 18.2 Å². The first-order valence-corrected chi connectivity index (χ1v) is 10.1. The number of rotatable bonds is 9. The Morgan fingerprint density at radius 2 is 1.97 bits per heavy atom. The van der Waals surface area contributed by atoms with E-state index in [0.29, 0.717) is 24.3 Å². The van der Waals surface area contributed by atoms with Gasteiger partial charge in [-0.25, -0.2) is 4.39 Å². The Morgan fingerprint density at radius 3 is 2.59 bits per heavy atom. The van der Waals surface area contributed by atoms with Crippen molar-refractivity contribution in [2.45, 2.75) is 26.2 Å². The van der Waals surface area contributed by atoms with Crippen molar-refractivity contribution >= 4 is 17.5 Å². The van der Waals surface area contributed by atoms with Crippen LogP contribution in [0, 0.1) is 21.8 Å². The van der Waals surface area contributed by atoms with Crippen LogP contribution in [0.3, 0.4) is 0 Å². The van der Waals surface area contributed by atoms with Crippen LogP contribution in [0.1, 0.15) is 51.6 Å². The summed E-state index contributed by atoms with van der Waals surface area (Å²) in [7, 11) is 0. The second kappa shape index (κ2) is 9.67. The summed E-state index contributed by atoms with van der Waals surface area (Å²) in [5.74, 6) is -5.41. The molecule has 2 aromatic rings. The predicted molar refractivity (Wildman–Crippen MR) is 111 cm³/mol. The van der Waals surface area contributed by atoms with Gasteiger partial charge in [-0.05, 0) is 43.2 Å². The zero-order valence-electron chi connectivity index (χ0n) is 17.6. The Labute approximate surface area is 183 Å². The van der Waals surface area contributed by atoms with E-state index in [1.807, 2.05) is 0 Å². The van der Waals surface area contributed by atoms with Crippen molar-refractivity contribution in [3.05, 3.63) is 74.6 Å². The number of fused-ring (bicyclic) bond motifs is 1. The number of carbonyl (C=O) groups excluding carboxylic acids is 3. The number of Topliss-reactive ketones (excluding diaryl/α,β-unsaturated/α-hetero) is 2. The molecule has 0 saturated carbocycles. The number of esters is 1. The number of halogens is 1. The quantitative estimate of drug-likeness (QED) is 0.192. The topological polar surface area (TPSA) is 113 Å². The molecule has 0 bridgehead atoms. The first kappa shape index (κ1) is 23.1. The summed E-state index contributed by atoms with van der Waals surface area (Å²) >= 11 is 0. The van der Waals surface area contributed by atoms with Gasteiger partial charge < -0.3 is 9.47 Å². The lowest BCUT2D eigenvalue weighted by atomic mass is 9.80. The van der Waals surface area contributed by atoms with E-state index >= 15 is 0 Å². The molecule has 1 aliphatic heterocycles. The van der Waals surface area contributed by atoms with Crippen LogP contribution >= 0.6 is 0 Å². The van der Waals surface area contributed by atoms with Crippen molar-refractivity contribution in [2.75, 3.05) is 19.8 Å². The summed E-state index contributed by atoms with van der Waals surface area (Å²) < 4.78 is 24.9. The van der Waals surface area contributed by atoms with Crippen molar-refractivity contribution in [2.24, 2.45) is 5.92 Å². The molecule has 168 valence electrons. The maximum absolute atomic E-state index is 14.3. The van der Waals surface area contributed by atoms with Gasteiger partial charge in [0.2, 0.25) is 6.54 Å². The average molecular weight is 443 g/mol. The molecule has 0 fully saturated rings. The minimum absolute atomic E-state index is 0.0429. The third-order valence-electron chi connectivity index (χ3n) is 5.35. The largest absolute Gasteiger partial charge is 0.493 e. The molecule has 1 aliphatic rings. The normalized spacial score (nSPS) is 14.1. The highest BCUT2D eigenvalue weighted by molar-refractivity contribution is 6.10. The first-order chi connectivity index (χ1) is 15.2. The Bertz CT molecular complexity index is 1080. The number of ether oxygens (including phenoxy) is 2. The third-order valence-corrected chi connectivity index (χ3v) is 5.35. The van der Waals surface area contributed by atoms with Crippen molar-refractivity contribution < 1.29 is 33.2 Å². The molecule has 0 radical (unpaired) electrons. The maximum Gasteiger partial charge on any atom is 0.317 e. The second-order valence-electron chi connectivity index (χ2n) is 7.43. The van der Waals surface area contributed by atoms with Gasteiger partial charge in [0.25, 0.3) is 0 Å². The van der Waals surface area contributed by atoms with Crippen molar-refractivity contribution in [3.63, 3.8) is 0 Å². The minimum Gasteiger partial charge on any atom is -0.493 e. The fourth-order valence-corrected chi connectivity index (χ4v) is 3.80. The molecule has 1 heterocycles. The van der Waals surface area contributed by atoms with Gasteiger partial charge in [-0.3, -0.25) is 24.5 Å². The van der Waals surface area contributed by atoms with Gasteiger partial charge in [-0.15, -0.1) is 0 Å². The van der Waals surface area contributed by atoms with Crippen molar-refractivity contribution in [3.8, 4) is 5.75 Å². The molecule has 2 unspecified atom stereocenters. The highest BCUT2D eigenvalue weighted by Gasteiger charge is 2.41. The van der Waals surface area contributed by atoms with Crippen LogP contribution in [0.5, 0.6) is 5.75 Å². The lowest BCUT2D eigenvalue weighted by Crippen LogP contribution is -2.35. The molecule has 9 heteroatoms. The third kappa shape index (κ3) is 4.82. The Hall–Kier alpha value is -3.62. The highest BCUT2D eigenvalue weighted by Crippen LogP contribution is 2.35. The molecule has 3 rings (SSSR count). The molecular formula is C23H22FNO7. The maximum atomic E-state index is 14.3. The molecule has 0 spiro atoms. The monoisotopic (exact) mass is 443 g/mol. The van der Waals surface area contributed by atoms with E-state index in [0.717, 1.165) is 17.7 Å². The Morgan fingerprint density at radius 1 is 1.22 bits per heavy atom. The van der Waals surface area contributed by atoms with Crippen LogP contribution in [0.15, 0.2) is 36.4 Å². The lowest BCUT2D eigenvalue weighted by Gasteiger charge is -2.23. The fraction of sp³-hybridized carbons (Fsp3) is 0.348. The number of hydrogen-bond donors (Lipinski definition) is 0. The zero-order valence-corrected chi connectivity index (χ0v) is 17.6. The van der Waals surface area contributed by atoms with Crippen LogP contribution in [0.2, 0.25) is 0 Å². The molecule has 32 heavy (non-hydrogen) atoms. The summed E-state index contributed by atoms with van der Waals surface area (Å²) in [6.07, 6.45) is 0.692. The van der Waals surface area contributed by atoms with Gasteiger partial charge in [0, 0.05) is 16.9 Å². The van der Waals surface area contributed by atoms with E-state index in [2.05, 4.69) is 0 Å². The van der Waals surface area contributed by atoms with E-state index in [1.165, 1.54) is 13.0 Å². The standard InChI is InChI=1S/C23H22FNO7/c1-3-31-23(28)21(22(27)16-6-7-17(13(2)26)19(24)10-16)18(12-25(29)30)15-5-4-14-8-9-32-20(14)11-15/h4-7,10-11,18,21H,3,8-9,12H2,1-2H3. The van der Waals surface area contributed by atoms with E-state index in [1.54, 1.807) is 25.1 Å². The second-order valence-corrected chi connectivity index (χ2v) is 7.43. The summed E-state index contributed by atoms with van der Waals surface area (Å²) in [5, 5.41) is 11.4. The van der Waals surface area contributed by atoms with E-state index in [4.69, 9.17) is 9.47 Å². The molecular weight excluding hydrogens is 421 g/mol. The fourth-order valence-electron chi connectivity index (χ4n) is 3.80. The van der Waals surface area contributed by atoms with Crippen LogP contribution < -0.4 is 4.74 Å². The van der Waals surface area contributed by atoms with Crippen LogP contribution in [0.25, 0.3) is 0 Å². The predicted octanol–water partition coefficient (Wildman–Crippen LogP) is 3.39. The number of hydrogen-bond acceptors (Lipinski definition) is 7. The molecule has 0 aromatic heterocycles. The SMILES string of the molecule is CCOC(=O)C(C(=O)c1ccc(C(C)=O)c(F)c1)C(C[N+](=O)[O-])c1ccc2c(c1)OCC2. The highest BCUT2D eigenvalue weighted by atomic mass is 19.1. The average Bonchev–Trinajstić information content (AvgIpc) is 3.20. The molecule has 0 amide bonds. The number of ketones is 2. The lowest BCUT2D eigenvalue weighted by molar-refractivity contribution is -0.484. The van der Waals surface area contributed by atoms with Crippen LogP contribution in [-0.4, -0.2) is 42.2 Å². The molecule has 0 aliphatic carbocycles. The van der Waals surface area contributed by atoms with E-state index in [-0.39, 0.29) is 17.7 Å². The Kier molecular flexibility index (Phi) is 6.97. The number of nitrogens with zero attached hydrogens (tertiary/aromatic N) is 1. The summed E-state index contributed by atoms with van der Waals surface area (Å²) in [4.78, 5) is 48.5. The molecule has 0 N–H and O–H groups in total. The van der Waals surface area contributed by atoms with Crippen molar-refractivity contribution in [1.29, 1.82) is 0 Å². The summed E-state index contributed by atoms with van der Waals surface area (Å²) in [5.41, 5.74) is 0.909. The number of nitro groups is 1. The summed E-state index contributed by atoms with van der Waals surface area (Å²) in [6.45, 7) is 2.44. The van der Waals surface area contributed by atoms with Gasteiger partial charge in [0.1, 0.15) is 17.5 Å². The zero-order chi connectivity index (χ0) is 23.4. The number of carbonyl (C=O) groups is 3. The first-order valence-electron chi connectivity index (χ1n) is 10.1. The molecule has 2 aromatic carbocycles. The number of benzene rings is 2. The van der Waals surface area contributed by atoms with Gasteiger partial charge in [0.05, 0.1) is 24.7 Å².